The molecule has 2 saturated carbocycles. The topological polar surface area (TPSA) is 139 Å². The first-order chi connectivity index (χ1) is 20.8. The Labute approximate surface area is 257 Å². The van der Waals surface area contributed by atoms with Gasteiger partial charge in [-0.3, -0.25) is 30.9 Å². The van der Waals surface area contributed by atoms with E-state index in [2.05, 4.69) is 38.4 Å². The van der Waals surface area contributed by atoms with Crippen LogP contribution in [0.25, 0.3) is 0 Å². The Morgan fingerprint density at radius 3 is 2.70 bits per heavy atom. The van der Waals surface area contributed by atoms with E-state index in [1.807, 2.05) is 11.9 Å². The summed E-state index contributed by atoms with van der Waals surface area (Å²) < 4.78 is 11.9. The summed E-state index contributed by atoms with van der Waals surface area (Å²) in [5.41, 5.74) is 0. The maximum Gasteiger partial charge on any atom is 0.237 e. The third-order valence-corrected chi connectivity index (χ3v) is 10.9. The van der Waals surface area contributed by atoms with Crippen LogP contribution in [0.5, 0.6) is 0 Å². The monoisotopic (exact) mass is 607 g/mol. The first-order valence-electron chi connectivity index (χ1n) is 16.8. The molecule has 5 fully saturated rings. The summed E-state index contributed by atoms with van der Waals surface area (Å²) in [7, 11) is 1.89. The molecule has 0 bridgehead atoms. The molecule has 0 spiro atoms. The molecule has 8 atom stereocenters. The van der Waals surface area contributed by atoms with Gasteiger partial charge in [0.15, 0.2) is 0 Å². The van der Waals surface area contributed by atoms with Gasteiger partial charge in [0.25, 0.3) is 0 Å². The Kier molecular flexibility index (Phi) is 12.1. The van der Waals surface area contributed by atoms with Gasteiger partial charge < -0.3 is 29.7 Å². The molecule has 0 aromatic carbocycles. The van der Waals surface area contributed by atoms with Crippen molar-refractivity contribution in [3.8, 4) is 0 Å². The van der Waals surface area contributed by atoms with E-state index in [0.717, 1.165) is 58.2 Å². The van der Waals surface area contributed by atoms with Crippen LogP contribution in [0.1, 0.15) is 65.2 Å². The lowest BCUT2D eigenvalue weighted by molar-refractivity contribution is -0.130. The summed E-state index contributed by atoms with van der Waals surface area (Å²) in [6.45, 7) is 9.58. The van der Waals surface area contributed by atoms with E-state index < -0.39 is 6.10 Å². The van der Waals surface area contributed by atoms with E-state index in [-0.39, 0.29) is 36.7 Å². The van der Waals surface area contributed by atoms with Crippen molar-refractivity contribution in [1.82, 2.24) is 36.4 Å². The van der Waals surface area contributed by atoms with Gasteiger partial charge in [0.05, 0.1) is 43.9 Å². The molecule has 2 amide bonds. The minimum absolute atomic E-state index is 0.0521. The summed E-state index contributed by atoms with van der Waals surface area (Å²) in [6.07, 6.45) is 8.05. The number of hydrogen-bond acceptors (Lipinski definition) is 10. The number of nitrogens with zero attached hydrogens (tertiary/aromatic N) is 2. The molecule has 5 rings (SSSR count). The SMILES string of the molecule is CC(=O)N(C)C1CCC(NC2CC(C(=O)NC[C@H](O)CN3CCC4C(CCC(OCC5CNCO5)C4C)C3)NCN2)CC1. The third kappa shape index (κ3) is 9.09. The maximum atomic E-state index is 13.0. The predicted octanol–water partition coefficient (Wildman–Crippen LogP) is -0.223. The Morgan fingerprint density at radius 2 is 1.95 bits per heavy atom. The molecule has 7 unspecified atom stereocenters. The lowest BCUT2D eigenvalue weighted by atomic mass is 9.68. The molecule has 0 aromatic heterocycles. The van der Waals surface area contributed by atoms with Gasteiger partial charge >= 0.3 is 0 Å². The summed E-state index contributed by atoms with van der Waals surface area (Å²) in [5, 5.41) is 27.4. The fourth-order valence-electron chi connectivity index (χ4n) is 8.14. The Hall–Kier alpha value is -1.38. The molecule has 2 aliphatic carbocycles. The van der Waals surface area contributed by atoms with Crippen molar-refractivity contribution in [3.05, 3.63) is 0 Å². The summed E-state index contributed by atoms with van der Waals surface area (Å²) in [4.78, 5) is 28.9. The van der Waals surface area contributed by atoms with Gasteiger partial charge in [0.2, 0.25) is 11.8 Å². The number of β-amino-alcohol motifs (C(OH)–C–C–N with tert-alkyl or cyclic N) is 1. The van der Waals surface area contributed by atoms with Gasteiger partial charge in [-0.15, -0.1) is 0 Å². The molecular weight excluding hydrogens is 550 g/mol. The highest BCUT2D eigenvalue weighted by molar-refractivity contribution is 5.81. The minimum Gasteiger partial charge on any atom is -0.390 e. The van der Waals surface area contributed by atoms with Gasteiger partial charge in [-0.05, 0) is 69.2 Å². The number of carbonyl (C=O) groups is 2. The van der Waals surface area contributed by atoms with Crippen molar-refractivity contribution >= 4 is 11.8 Å². The normalized spacial score (nSPS) is 37.8. The van der Waals surface area contributed by atoms with Crippen molar-refractivity contribution in [2.75, 3.05) is 59.8 Å². The molecule has 246 valence electrons. The van der Waals surface area contributed by atoms with E-state index in [1.165, 1.54) is 6.42 Å². The number of aliphatic hydroxyl groups is 1. The van der Waals surface area contributed by atoms with Crippen molar-refractivity contribution < 1.29 is 24.2 Å². The summed E-state index contributed by atoms with van der Waals surface area (Å²) in [5.74, 6) is 1.92. The predicted molar refractivity (Wildman–Crippen MR) is 164 cm³/mol. The summed E-state index contributed by atoms with van der Waals surface area (Å²) in [6, 6.07) is 0.417. The average Bonchev–Trinajstić information content (AvgIpc) is 3.53. The number of piperidine rings is 1. The molecule has 0 aromatic rings. The molecule has 3 heterocycles. The van der Waals surface area contributed by atoms with E-state index >= 15 is 0 Å². The molecule has 12 heteroatoms. The van der Waals surface area contributed by atoms with Crippen molar-refractivity contribution in [1.29, 1.82) is 0 Å². The van der Waals surface area contributed by atoms with Crippen LogP contribution in [0, 0.1) is 17.8 Å². The van der Waals surface area contributed by atoms with E-state index in [9.17, 15) is 14.7 Å². The average molecular weight is 608 g/mol. The zero-order valence-electron chi connectivity index (χ0n) is 26.6. The first kappa shape index (κ1) is 33.0. The zero-order valence-corrected chi connectivity index (χ0v) is 26.6. The van der Waals surface area contributed by atoms with Crippen LogP contribution in [0.3, 0.4) is 0 Å². The smallest absolute Gasteiger partial charge is 0.237 e. The van der Waals surface area contributed by atoms with Crippen LogP contribution < -0.4 is 26.6 Å². The standard InChI is InChI=1S/C31H57N7O5/c1-20-27-10-11-38(15-22(27)4-9-29(20)42-17-26-14-32-19-43-26)16-25(40)13-33-31(41)28-12-30(35-18-34-28)36-23-5-7-24(8-6-23)37(3)21(2)39/h20,22-30,32,34-36,40H,4-19H2,1-3H3,(H,33,41)/t20?,22?,23?,24?,25-,26?,27?,28?,29?,30?/m0/s1. The lowest BCUT2D eigenvalue weighted by Gasteiger charge is -2.47. The molecular formula is C31H57N7O5. The maximum absolute atomic E-state index is 13.0. The van der Waals surface area contributed by atoms with Crippen LogP contribution in [0.4, 0.5) is 0 Å². The fourth-order valence-corrected chi connectivity index (χ4v) is 8.14. The quantitative estimate of drug-likeness (QED) is 0.187. The zero-order chi connectivity index (χ0) is 30.3. The number of aliphatic hydroxyl groups excluding tert-OH is 1. The Balaban J connectivity index is 0.971. The largest absolute Gasteiger partial charge is 0.390 e. The van der Waals surface area contributed by atoms with Gasteiger partial charge in [-0.1, -0.05) is 6.92 Å². The number of likely N-dealkylation sites (tertiary alicyclic amines) is 1. The van der Waals surface area contributed by atoms with Gasteiger partial charge in [0.1, 0.15) is 0 Å². The van der Waals surface area contributed by atoms with Crippen LogP contribution >= 0.6 is 0 Å². The number of fused-ring (bicyclic) bond motifs is 1. The van der Waals surface area contributed by atoms with Gasteiger partial charge in [-0.2, -0.15) is 0 Å². The van der Waals surface area contributed by atoms with Crippen LogP contribution in [-0.2, 0) is 19.1 Å². The highest BCUT2D eigenvalue weighted by atomic mass is 16.5. The van der Waals surface area contributed by atoms with Crippen molar-refractivity contribution in [2.45, 2.75) is 108 Å². The summed E-state index contributed by atoms with van der Waals surface area (Å²) >= 11 is 0. The van der Waals surface area contributed by atoms with Crippen LogP contribution in [0.15, 0.2) is 0 Å². The highest BCUT2D eigenvalue weighted by Crippen LogP contribution is 2.41. The van der Waals surface area contributed by atoms with Gasteiger partial charge in [0, 0.05) is 65.3 Å². The third-order valence-electron chi connectivity index (χ3n) is 10.9. The lowest BCUT2D eigenvalue weighted by Crippen LogP contribution is -2.62. The van der Waals surface area contributed by atoms with Crippen LogP contribution in [-0.4, -0.2) is 129 Å². The number of carbonyl (C=O) groups excluding carboxylic acids is 2. The Bertz CT molecular complexity index is 900. The molecule has 3 saturated heterocycles. The first-order valence-corrected chi connectivity index (χ1v) is 16.8. The van der Waals surface area contributed by atoms with Crippen molar-refractivity contribution in [2.24, 2.45) is 17.8 Å². The second-order valence-corrected chi connectivity index (χ2v) is 13.8. The number of rotatable bonds is 11. The molecule has 0 radical (unpaired) electrons. The number of amides is 2. The minimum atomic E-state index is -0.587. The second kappa shape index (κ2) is 15.8. The van der Waals surface area contributed by atoms with Crippen molar-refractivity contribution in [3.63, 3.8) is 0 Å². The Morgan fingerprint density at radius 1 is 1.14 bits per heavy atom. The van der Waals surface area contributed by atoms with Crippen LogP contribution in [0.2, 0.25) is 0 Å². The number of nitrogens with one attached hydrogen (secondary N) is 5. The second-order valence-electron chi connectivity index (χ2n) is 13.8. The van der Waals surface area contributed by atoms with E-state index in [0.29, 0.717) is 68.9 Å². The molecule has 12 nitrogen and oxygen atoms in total. The molecule has 3 aliphatic heterocycles. The molecule has 6 N–H and O–H groups in total. The number of ether oxygens (including phenoxy) is 2. The van der Waals surface area contributed by atoms with E-state index in [4.69, 9.17) is 9.47 Å². The van der Waals surface area contributed by atoms with Gasteiger partial charge in [-0.25, -0.2) is 0 Å². The van der Waals surface area contributed by atoms with E-state index in [1.54, 1.807) is 6.92 Å². The number of hydrogen-bond donors (Lipinski definition) is 6. The fraction of sp³-hybridized carbons (Fsp3) is 0.935. The molecule has 5 aliphatic rings. The molecule has 43 heavy (non-hydrogen) atoms. The highest BCUT2D eigenvalue weighted by Gasteiger charge is 2.41.